The normalized spacial score (nSPS) is 11.4. The van der Waals surface area contributed by atoms with Gasteiger partial charge in [0.2, 0.25) is 0 Å². The van der Waals surface area contributed by atoms with Crippen molar-refractivity contribution in [1.82, 2.24) is 9.55 Å². The standard InChI is InChI=1S/C27H20Cl2N2O.HNO3/c28-25-9-4-10-26(29)24(25)17-32-21-13-11-20(12-14-21)27(31-16-15-30-18-31)23-8-3-6-19-5-1-2-7-22(19)23;2-1(3)4/h1-16,18,27H,17H2;(H,2,3,4). The predicted molar refractivity (Wildman–Crippen MR) is 139 cm³/mol. The molecule has 4 aromatic carbocycles. The Bertz CT molecular complexity index is 1430. The molecule has 0 fully saturated rings. The summed E-state index contributed by atoms with van der Waals surface area (Å²) in [5.74, 6) is 0.757. The topological polar surface area (TPSA) is 90.4 Å². The molecule has 1 aromatic heterocycles. The highest BCUT2D eigenvalue weighted by Crippen LogP contribution is 2.33. The number of aromatic nitrogens is 2. The third kappa shape index (κ3) is 5.94. The third-order valence-electron chi connectivity index (χ3n) is 5.58. The third-order valence-corrected chi connectivity index (χ3v) is 6.29. The predicted octanol–water partition coefficient (Wildman–Crippen LogP) is 7.21. The fraction of sp³-hybridized carbons (Fsp3) is 0.0741. The molecule has 0 spiro atoms. The Labute approximate surface area is 217 Å². The Morgan fingerprint density at radius 1 is 0.944 bits per heavy atom. The van der Waals surface area contributed by atoms with E-state index in [0.29, 0.717) is 16.7 Å². The van der Waals surface area contributed by atoms with Crippen molar-refractivity contribution in [1.29, 1.82) is 0 Å². The number of ether oxygens (including phenoxy) is 1. The number of benzene rings is 4. The zero-order valence-electron chi connectivity index (χ0n) is 18.9. The molecular formula is C27H21Cl2N3O4. The second-order valence-electron chi connectivity index (χ2n) is 7.78. The lowest BCUT2D eigenvalue weighted by Gasteiger charge is -2.22. The van der Waals surface area contributed by atoms with E-state index in [1.807, 2.05) is 49.1 Å². The van der Waals surface area contributed by atoms with Gasteiger partial charge in [-0.1, -0.05) is 83.9 Å². The monoisotopic (exact) mass is 521 g/mol. The Hall–Kier alpha value is -4.07. The van der Waals surface area contributed by atoms with E-state index in [2.05, 4.69) is 64.1 Å². The summed E-state index contributed by atoms with van der Waals surface area (Å²) in [5, 5.41) is 17.3. The SMILES string of the molecule is Clc1cccc(Cl)c1COc1ccc(C(c2cccc3ccccc23)n2ccnc2)cc1.O=[N+]([O-])O. The number of hydrogen-bond acceptors (Lipinski definition) is 4. The van der Waals surface area contributed by atoms with Gasteiger partial charge in [-0.15, -0.1) is 10.1 Å². The smallest absolute Gasteiger partial charge is 0.291 e. The first-order chi connectivity index (χ1) is 17.4. The van der Waals surface area contributed by atoms with Crippen molar-refractivity contribution in [3.63, 3.8) is 0 Å². The zero-order valence-corrected chi connectivity index (χ0v) is 20.4. The molecule has 0 radical (unpaired) electrons. The molecule has 1 atom stereocenters. The summed E-state index contributed by atoms with van der Waals surface area (Å²) in [6.07, 6.45) is 5.66. The summed E-state index contributed by atoms with van der Waals surface area (Å²) in [5.41, 5.74) is 3.15. The molecule has 0 amide bonds. The minimum atomic E-state index is -1.50. The van der Waals surface area contributed by atoms with Gasteiger partial charge in [0.15, 0.2) is 0 Å². The van der Waals surface area contributed by atoms with Gasteiger partial charge in [-0.2, -0.15) is 0 Å². The molecule has 0 saturated carbocycles. The largest absolute Gasteiger partial charge is 0.489 e. The van der Waals surface area contributed by atoms with Crippen LogP contribution in [0.4, 0.5) is 0 Å². The molecule has 7 nitrogen and oxygen atoms in total. The fourth-order valence-electron chi connectivity index (χ4n) is 4.00. The first-order valence-electron chi connectivity index (χ1n) is 10.9. The van der Waals surface area contributed by atoms with Crippen molar-refractivity contribution in [2.24, 2.45) is 0 Å². The average molecular weight is 522 g/mol. The van der Waals surface area contributed by atoms with Crippen LogP contribution in [0, 0.1) is 10.1 Å². The van der Waals surface area contributed by atoms with Crippen LogP contribution < -0.4 is 4.74 Å². The molecule has 5 aromatic rings. The molecule has 182 valence electrons. The number of nitrogens with zero attached hydrogens (tertiary/aromatic N) is 3. The molecule has 1 N–H and O–H groups in total. The highest BCUT2D eigenvalue weighted by atomic mass is 35.5. The minimum absolute atomic E-state index is 0.00402. The Balaban J connectivity index is 0.000000709. The zero-order chi connectivity index (χ0) is 25.5. The van der Waals surface area contributed by atoms with Crippen LogP contribution in [-0.2, 0) is 6.61 Å². The van der Waals surface area contributed by atoms with Crippen molar-refractivity contribution in [3.8, 4) is 5.75 Å². The van der Waals surface area contributed by atoms with E-state index in [1.165, 1.54) is 16.3 Å². The molecule has 1 unspecified atom stereocenters. The number of halogens is 2. The van der Waals surface area contributed by atoms with Gasteiger partial charge in [0.1, 0.15) is 12.4 Å². The molecule has 0 bridgehead atoms. The number of imidazole rings is 1. The summed E-state index contributed by atoms with van der Waals surface area (Å²) in [7, 11) is 0. The van der Waals surface area contributed by atoms with Crippen LogP contribution in [-0.4, -0.2) is 19.8 Å². The van der Waals surface area contributed by atoms with Gasteiger partial charge in [-0.3, -0.25) is 0 Å². The van der Waals surface area contributed by atoms with Crippen molar-refractivity contribution in [2.75, 3.05) is 0 Å². The molecule has 0 aliphatic carbocycles. The van der Waals surface area contributed by atoms with Crippen LogP contribution in [0.25, 0.3) is 10.8 Å². The van der Waals surface area contributed by atoms with E-state index in [4.69, 9.17) is 43.3 Å². The lowest BCUT2D eigenvalue weighted by molar-refractivity contribution is -0.742. The van der Waals surface area contributed by atoms with Crippen LogP contribution >= 0.6 is 23.2 Å². The number of hydrogen-bond donors (Lipinski definition) is 1. The van der Waals surface area contributed by atoms with Gasteiger partial charge in [-0.25, -0.2) is 4.98 Å². The maximum absolute atomic E-state index is 8.36. The quantitative estimate of drug-likeness (QED) is 0.188. The minimum Gasteiger partial charge on any atom is -0.489 e. The lowest BCUT2D eigenvalue weighted by Crippen LogP contribution is -2.11. The lowest BCUT2D eigenvalue weighted by atomic mass is 9.93. The molecule has 36 heavy (non-hydrogen) atoms. The summed E-state index contributed by atoms with van der Waals surface area (Å²) in [6.45, 7) is 0.312. The highest BCUT2D eigenvalue weighted by Gasteiger charge is 2.18. The summed E-state index contributed by atoms with van der Waals surface area (Å²) < 4.78 is 8.09. The number of rotatable bonds is 6. The van der Waals surface area contributed by atoms with Crippen molar-refractivity contribution < 1.29 is 15.0 Å². The van der Waals surface area contributed by atoms with E-state index in [1.54, 1.807) is 0 Å². The van der Waals surface area contributed by atoms with Crippen LogP contribution in [0.15, 0.2) is 104 Å². The molecule has 5 rings (SSSR count). The summed E-state index contributed by atoms with van der Waals surface area (Å²) in [4.78, 5) is 12.6. The van der Waals surface area contributed by atoms with Gasteiger partial charge >= 0.3 is 0 Å². The van der Waals surface area contributed by atoms with Gasteiger partial charge in [0.25, 0.3) is 5.09 Å². The maximum Gasteiger partial charge on any atom is 0.291 e. The van der Waals surface area contributed by atoms with E-state index in [9.17, 15) is 0 Å². The summed E-state index contributed by atoms with van der Waals surface area (Å²) in [6, 6.07) is 28.5. The van der Waals surface area contributed by atoms with Gasteiger partial charge in [0, 0.05) is 28.0 Å². The molecule has 0 aliphatic heterocycles. The van der Waals surface area contributed by atoms with Gasteiger partial charge < -0.3 is 14.5 Å². The van der Waals surface area contributed by atoms with Crippen molar-refractivity contribution in [3.05, 3.63) is 141 Å². The van der Waals surface area contributed by atoms with Gasteiger partial charge in [0.05, 0.1) is 12.4 Å². The molecule has 9 heteroatoms. The maximum atomic E-state index is 8.36. The fourth-order valence-corrected chi connectivity index (χ4v) is 4.50. The van der Waals surface area contributed by atoms with Crippen molar-refractivity contribution in [2.45, 2.75) is 12.6 Å². The van der Waals surface area contributed by atoms with E-state index in [0.717, 1.165) is 16.9 Å². The first-order valence-corrected chi connectivity index (χ1v) is 11.6. The highest BCUT2D eigenvalue weighted by molar-refractivity contribution is 6.35. The second kappa shape index (κ2) is 11.6. The Morgan fingerprint density at radius 2 is 1.58 bits per heavy atom. The second-order valence-corrected chi connectivity index (χ2v) is 8.59. The van der Waals surface area contributed by atoms with E-state index in [-0.39, 0.29) is 6.04 Å². The van der Waals surface area contributed by atoms with Crippen LogP contribution in [0.1, 0.15) is 22.7 Å². The van der Waals surface area contributed by atoms with Crippen LogP contribution in [0.3, 0.4) is 0 Å². The van der Waals surface area contributed by atoms with E-state index < -0.39 is 5.09 Å². The first kappa shape index (κ1) is 25.0. The summed E-state index contributed by atoms with van der Waals surface area (Å²) >= 11 is 12.5. The van der Waals surface area contributed by atoms with Gasteiger partial charge in [-0.05, 0) is 46.2 Å². The molecule has 1 heterocycles. The van der Waals surface area contributed by atoms with Crippen LogP contribution in [0.5, 0.6) is 5.75 Å². The van der Waals surface area contributed by atoms with E-state index >= 15 is 0 Å². The van der Waals surface area contributed by atoms with Crippen molar-refractivity contribution >= 4 is 34.0 Å². The Morgan fingerprint density at radius 3 is 2.25 bits per heavy atom. The average Bonchev–Trinajstić information content (AvgIpc) is 3.39. The van der Waals surface area contributed by atoms with Crippen LogP contribution in [0.2, 0.25) is 10.0 Å². The Kier molecular flexibility index (Phi) is 8.05. The number of fused-ring (bicyclic) bond motifs is 1. The molecule has 0 aliphatic rings. The molecule has 0 saturated heterocycles. The molecular weight excluding hydrogens is 501 g/mol.